The van der Waals surface area contributed by atoms with E-state index in [4.69, 9.17) is 0 Å². The molecule has 0 aliphatic carbocycles. The van der Waals surface area contributed by atoms with Gasteiger partial charge in [-0.15, -0.1) is 0 Å². The summed E-state index contributed by atoms with van der Waals surface area (Å²) < 4.78 is 0. The van der Waals surface area contributed by atoms with E-state index in [1.54, 1.807) is 0 Å². The minimum Gasteiger partial charge on any atom is -0.334 e. The molecule has 1 aliphatic heterocycles. The maximum absolute atomic E-state index is 12.3. The summed E-state index contributed by atoms with van der Waals surface area (Å²) in [5.74, 6) is 0.122. The van der Waals surface area contributed by atoms with Crippen molar-refractivity contribution in [2.75, 3.05) is 6.54 Å². The predicted octanol–water partition coefficient (Wildman–Crippen LogP) is 2.69. The lowest BCUT2D eigenvalue weighted by molar-refractivity contribution is 0.0727. The lowest BCUT2D eigenvalue weighted by atomic mass is 9.99. The molecule has 2 aromatic carbocycles. The number of amides is 1. The van der Waals surface area contributed by atoms with Gasteiger partial charge in [-0.1, -0.05) is 42.5 Å². The van der Waals surface area contributed by atoms with Crippen LogP contribution in [0, 0.1) is 6.07 Å². The standard InChI is InChI=1S/C16H14NO/c18-16-15-9-5-4-8-14(15)10-11-17(16)12-13-6-2-1-3-7-13/h1-7,9H,10-12H2. The Hall–Kier alpha value is -2.09. The zero-order valence-corrected chi connectivity index (χ0v) is 10.1. The maximum atomic E-state index is 12.3. The zero-order chi connectivity index (χ0) is 12.4. The van der Waals surface area contributed by atoms with Crippen molar-refractivity contribution in [3.63, 3.8) is 0 Å². The molecule has 1 radical (unpaired) electrons. The molecule has 89 valence electrons. The molecule has 0 unspecified atom stereocenters. The third-order valence-corrected chi connectivity index (χ3v) is 3.31. The number of carbonyl (C=O) groups is 1. The minimum atomic E-state index is 0.122. The fourth-order valence-electron chi connectivity index (χ4n) is 2.35. The van der Waals surface area contributed by atoms with E-state index in [9.17, 15) is 4.79 Å². The van der Waals surface area contributed by atoms with Crippen LogP contribution < -0.4 is 0 Å². The van der Waals surface area contributed by atoms with Crippen molar-refractivity contribution in [2.24, 2.45) is 0 Å². The van der Waals surface area contributed by atoms with Crippen LogP contribution in [-0.2, 0) is 13.0 Å². The first-order valence-electron chi connectivity index (χ1n) is 6.17. The molecule has 0 bridgehead atoms. The fraction of sp³-hybridized carbons (Fsp3) is 0.188. The maximum Gasteiger partial charge on any atom is 0.254 e. The quantitative estimate of drug-likeness (QED) is 0.785. The van der Waals surface area contributed by atoms with E-state index in [2.05, 4.69) is 18.2 Å². The third-order valence-electron chi connectivity index (χ3n) is 3.31. The van der Waals surface area contributed by atoms with E-state index >= 15 is 0 Å². The lowest BCUT2D eigenvalue weighted by Gasteiger charge is -2.28. The smallest absolute Gasteiger partial charge is 0.254 e. The number of carbonyl (C=O) groups excluding carboxylic acids is 1. The molecular weight excluding hydrogens is 222 g/mol. The number of hydrogen-bond donors (Lipinski definition) is 0. The average molecular weight is 236 g/mol. The second-order valence-corrected chi connectivity index (χ2v) is 4.52. The van der Waals surface area contributed by atoms with Crippen LogP contribution in [0.1, 0.15) is 21.5 Å². The summed E-state index contributed by atoms with van der Waals surface area (Å²) in [6.07, 6.45) is 0.898. The Morgan fingerprint density at radius 3 is 2.78 bits per heavy atom. The van der Waals surface area contributed by atoms with Crippen molar-refractivity contribution in [1.82, 2.24) is 4.90 Å². The summed E-state index contributed by atoms with van der Waals surface area (Å²) in [5, 5.41) is 0. The molecule has 18 heavy (non-hydrogen) atoms. The second-order valence-electron chi connectivity index (χ2n) is 4.52. The van der Waals surface area contributed by atoms with E-state index in [1.807, 2.05) is 41.3 Å². The summed E-state index contributed by atoms with van der Waals surface area (Å²) in [6, 6.07) is 18.9. The topological polar surface area (TPSA) is 20.3 Å². The van der Waals surface area contributed by atoms with Crippen LogP contribution >= 0.6 is 0 Å². The molecule has 2 heteroatoms. The first-order valence-corrected chi connectivity index (χ1v) is 6.17. The largest absolute Gasteiger partial charge is 0.334 e. The van der Waals surface area contributed by atoms with Gasteiger partial charge in [0.25, 0.3) is 5.91 Å². The highest BCUT2D eigenvalue weighted by Crippen LogP contribution is 2.19. The molecule has 0 aromatic heterocycles. The summed E-state index contributed by atoms with van der Waals surface area (Å²) in [6.45, 7) is 1.47. The van der Waals surface area contributed by atoms with Crippen LogP contribution in [-0.4, -0.2) is 17.4 Å². The lowest BCUT2D eigenvalue weighted by Crippen LogP contribution is -2.36. The highest BCUT2D eigenvalue weighted by atomic mass is 16.2. The molecule has 2 nitrogen and oxygen atoms in total. The summed E-state index contributed by atoms with van der Waals surface area (Å²) >= 11 is 0. The SMILES string of the molecule is O=C1c2ccc[c]c2CCN1Cc1ccccc1. The van der Waals surface area contributed by atoms with Crippen molar-refractivity contribution in [2.45, 2.75) is 13.0 Å². The third kappa shape index (κ3) is 2.02. The van der Waals surface area contributed by atoms with Gasteiger partial charge in [0.2, 0.25) is 0 Å². The molecule has 0 spiro atoms. The fourth-order valence-corrected chi connectivity index (χ4v) is 2.35. The van der Waals surface area contributed by atoms with Crippen molar-refractivity contribution >= 4 is 5.91 Å². The molecule has 3 rings (SSSR count). The highest BCUT2D eigenvalue weighted by molar-refractivity contribution is 5.96. The summed E-state index contributed by atoms with van der Waals surface area (Å²) in [4.78, 5) is 14.2. The van der Waals surface area contributed by atoms with Crippen LogP contribution in [0.5, 0.6) is 0 Å². The number of rotatable bonds is 2. The Labute approximate surface area is 107 Å². The molecule has 1 amide bonds. The van der Waals surface area contributed by atoms with Crippen molar-refractivity contribution in [3.8, 4) is 0 Å². The summed E-state index contributed by atoms with van der Waals surface area (Å²) in [7, 11) is 0. The van der Waals surface area contributed by atoms with Gasteiger partial charge in [-0.2, -0.15) is 0 Å². The number of nitrogens with zero attached hydrogens (tertiary/aromatic N) is 1. The number of fused-ring (bicyclic) bond motifs is 1. The normalized spacial score (nSPS) is 14.4. The van der Waals surface area contributed by atoms with Gasteiger partial charge in [-0.3, -0.25) is 4.79 Å². The molecule has 1 heterocycles. The molecule has 1 aliphatic rings. The van der Waals surface area contributed by atoms with E-state index < -0.39 is 0 Å². The summed E-state index contributed by atoms with van der Waals surface area (Å²) in [5.41, 5.74) is 3.03. The van der Waals surface area contributed by atoms with Gasteiger partial charge in [0.15, 0.2) is 0 Å². The molecule has 0 N–H and O–H groups in total. The Morgan fingerprint density at radius 1 is 1.11 bits per heavy atom. The van der Waals surface area contributed by atoms with Crippen LogP contribution in [0.15, 0.2) is 48.5 Å². The molecule has 0 atom stereocenters. The second kappa shape index (κ2) is 4.65. The van der Waals surface area contributed by atoms with E-state index in [1.165, 1.54) is 5.56 Å². The van der Waals surface area contributed by atoms with Gasteiger partial charge >= 0.3 is 0 Å². The molecule has 0 saturated carbocycles. The van der Waals surface area contributed by atoms with Crippen LogP contribution in [0.3, 0.4) is 0 Å². The average Bonchev–Trinajstić information content (AvgIpc) is 2.43. The van der Waals surface area contributed by atoms with Gasteiger partial charge < -0.3 is 4.90 Å². The van der Waals surface area contributed by atoms with Crippen molar-refractivity contribution in [1.29, 1.82) is 0 Å². The Morgan fingerprint density at radius 2 is 1.94 bits per heavy atom. The van der Waals surface area contributed by atoms with Crippen LogP contribution in [0.2, 0.25) is 0 Å². The van der Waals surface area contributed by atoms with E-state index in [0.29, 0.717) is 6.54 Å². The number of hydrogen-bond acceptors (Lipinski definition) is 1. The van der Waals surface area contributed by atoms with Gasteiger partial charge in [-0.05, 0) is 29.7 Å². The monoisotopic (exact) mass is 236 g/mol. The Bertz CT molecular complexity index is 562. The van der Waals surface area contributed by atoms with Gasteiger partial charge in [-0.25, -0.2) is 0 Å². The van der Waals surface area contributed by atoms with E-state index in [-0.39, 0.29) is 5.91 Å². The van der Waals surface area contributed by atoms with Gasteiger partial charge in [0.1, 0.15) is 0 Å². The van der Waals surface area contributed by atoms with Crippen LogP contribution in [0.4, 0.5) is 0 Å². The first kappa shape index (κ1) is 11.0. The Kier molecular flexibility index (Phi) is 2.85. The minimum absolute atomic E-state index is 0.122. The zero-order valence-electron chi connectivity index (χ0n) is 10.1. The highest BCUT2D eigenvalue weighted by Gasteiger charge is 2.23. The van der Waals surface area contributed by atoms with Gasteiger partial charge in [0.05, 0.1) is 0 Å². The molecule has 0 fully saturated rings. The first-order chi connectivity index (χ1) is 8.84. The molecular formula is C16H14NO. The van der Waals surface area contributed by atoms with Crippen molar-refractivity contribution in [3.05, 3.63) is 71.3 Å². The van der Waals surface area contributed by atoms with Crippen molar-refractivity contribution < 1.29 is 4.79 Å². The van der Waals surface area contributed by atoms with Gasteiger partial charge in [0, 0.05) is 18.7 Å². The molecule has 2 aromatic rings. The van der Waals surface area contributed by atoms with Crippen LogP contribution in [0.25, 0.3) is 0 Å². The van der Waals surface area contributed by atoms with E-state index in [0.717, 1.165) is 24.1 Å². The molecule has 0 saturated heterocycles. The predicted molar refractivity (Wildman–Crippen MR) is 70.2 cm³/mol. The number of benzene rings is 2. The Balaban J connectivity index is 1.83.